The highest BCUT2D eigenvalue weighted by Gasteiger charge is 2.26. The van der Waals surface area contributed by atoms with Gasteiger partial charge >= 0.3 is 0 Å². The number of ether oxygens (including phenoxy) is 1. The van der Waals surface area contributed by atoms with E-state index in [0.29, 0.717) is 18.3 Å². The third kappa shape index (κ3) is 2.95. The van der Waals surface area contributed by atoms with Crippen molar-refractivity contribution in [2.75, 3.05) is 6.54 Å². The summed E-state index contributed by atoms with van der Waals surface area (Å²) in [5, 5.41) is 10.7. The van der Waals surface area contributed by atoms with Gasteiger partial charge in [0.15, 0.2) is 0 Å². The Morgan fingerprint density at radius 1 is 1.50 bits per heavy atom. The van der Waals surface area contributed by atoms with Crippen molar-refractivity contribution >= 4 is 5.69 Å². The third-order valence-corrected chi connectivity index (χ3v) is 3.34. The molecule has 0 saturated heterocycles. The van der Waals surface area contributed by atoms with E-state index in [1.807, 2.05) is 0 Å². The van der Waals surface area contributed by atoms with Gasteiger partial charge < -0.3 is 10.5 Å². The standard InChI is InChI=1S/C12H17N3O3/c13-8-9-3-1-2-4-11(9)18-12-7-10(15(16)17)5-6-14-12/h5-7,9,11H,1-4,8,13H2. The molecule has 1 fully saturated rings. The monoisotopic (exact) mass is 251 g/mol. The van der Waals surface area contributed by atoms with Crippen LogP contribution in [0, 0.1) is 16.0 Å². The summed E-state index contributed by atoms with van der Waals surface area (Å²) >= 11 is 0. The maximum Gasteiger partial charge on any atom is 0.276 e. The van der Waals surface area contributed by atoms with Crippen molar-refractivity contribution in [3.05, 3.63) is 28.4 Å². The van der Waals surface area contributed by atoms with E-state index < -0.39 is 4.92 Å². The van der Waals surface area contributed by atoms with Crippen molar-refractivity contribution in [1.82, 2.24) is 4.98 Å². The minimum absolute atomic E-state index is 0.0000999. The predicted octanol–water partition coefficient (Wildman–Crippen LogP) is 1.89. The lowest BCUT2D eigenvalue weighted by Crippen LogP contribution is -2.35. The Morgan fingerprint density at radius 2 is 2.28 bits per heavy atom. The van der Waals surface area contributed by atoms with Crippen LogP contribution in [0.1, 0.15) is 25.7 Å². The Kier molecular flexibility index (Phi) is 4.09. The van der Waals surface area contributed by atoms with Crippen LogP contribution in [0.15, 0.2) is 18.3 Å². The highest BCUT2D eigenvalue weighted by molar-refractivity contribution is 5.32. The van der Waals surface area contributed by atoms with E-state index in [-0.39, 0.29) is 11.8 Å². The second-order valence-corrected chi connectivity index (χ2v) is 4.55. The molecule has 0 aliphatic heterocycles. The van der Waals surface area contributed by atoms with Crippen LogP contribution in [0.5, 0.6) is 5.88 Å². The molecule has 1 aliphatic carbocycles. The van der Waals surface area contributed by atoms with Crippen molar-refractivity contribution in [2.45, 2.75) is 31.8 Å². The zero-order chi connectivity index (χ0) is 13.0. The van der Waals surface area contributed by atoms with Gasteiger partial charge in [-0.05, 0) is 25.8 Å². The number of pyridine rings is 1. The zero-order valence-electron chi connectivity index (χ0n) is 10.1. The Balaban J connectivity index is 2.07. The normalized spacial score (nSPS) is 23.6. The Hall–Kier alpha value is -1.69. The number of aromatic nitrogens is 1. The van der Waals surface area contributed by atoms with Gasteiger partial charge in [0.2, 0.25) is 5.88 Å². The summed E-state index contributed by atoms with van der Waals surface area (Å²) in [6.45, 7) is 0.583. The largest absolute Gasteiger partial charge is 0.474 e. The Morgan fingerprint density at radius 3 is 3.00 bits per heavy atom. The predicted molar refractivity (Wildman–Crippen MR) is 66.3 cm³/mol. The van der Waals surface area contributed by atoms with Crippen LogP contribution in [0.4, 0.5) is 5.69 Å². The second-order valence-electron chi connectivity index (χ2n) is 4.55. The highest BCUT2D eigenvalue weighted by Crippen LogP contribution is 2.28. The molecule has 2 rings (SSSR count). The SMILES string of the molecule is NCC1CCCCC1Oc1cc([N+](=O)[O-])ccn1. The average Bonchev–Trinajstić information content (AvgIpc) is 2.39. The minimum atomic E-state index is -0.449. The third-order valence-electron chi connectivity index (χ3n) is 3.34. The molecule has 1 saturated carbocycles. The van der Waals surface area contributed by atoms with Crippen molar-refractivity contribution in [3.8, 4) is 5.88 Å². The van der Waals surface area contributed by atoms with Crippen LogP contribution < -0.4 is 10.5 Å². The molecule has 0 aromatic carbocycles. The summed E-state index contributed by atoms with van der Waals surface area (Å²) < 4.78 is 5.75. The van der Waals surface area contributed by atoms with Crippen LogP contribution in [0.25, 0.3) is 0 Å². The maximum absolute atomic E-state index is 10.7. The van der Waals surface area contributed by atoms with Gasteiger partial charge in [-0.25, -0.2) is 4.98 Å². The molecule has 6 nitrogen and oxygen atoms in total. The van der Waals surface area contributed by atoms with Crippen molar-refractivity contribution < 1.29 is 9.66 Å². The van der Waals surface area contributed by atoms with E-state index in [0.717, 1.165) is 19.3 Å². The fourth-order valence-corrected chi connectivity index (χ4v) is 2.33. The Bertz CT molecular complexity index is 425. The molecule has 1 aliphatic rings. The molecule has 2 atom stereocenters. The van der Waals surface area contributed by atoms with E-state index >= 15 is 0 Å². The molecule has 6 heteroatoms. The second kappa shape index (κ2) is 5.77. The molecule has 0 bridgehead atoms. The van der Waals surface area contributed by atoms with Gasteiger partial charge in [-0.15, -0.1) is 0 Å². The number of nitro groups is 1. The molecule has 0 spiro atoms. The highest BCUT2D eigenvalue weighted by atomic mass is 16.6. The molecule has 0 radical (unpaired) electrons. The summed E-state index contributed by atoms with van der Waals surface area (Å²) in [6, 6.07) is 2.72. The van der Waals surface area contributed by atoms with Gasteiger partial charge in [-0.2, -0.15) is 0 Å². The lowest BCUT2D eigenvalue weighted by Gasteiger charge is -2.30. The maximum atomic E-state index is 10.7. The van der Waals surface area contributed by atoms with E-state index in [1.54, 1.807) is 0 Å². The van der Waals surface area contributed by atoms with Gasteiger partial charge in [0, 0.05) is 18.2 Å². The summed E-state index contributed by atoms with van der Waals surface area (Å²) in [6.07, 6.45) is 5.69. The number of hydrogen-bond acceptors (Lipinski definition) is 5. The topological polar surface area (TPSA) is 91.3 Å². The molecular formula is C12H17N3O3. The van der Waals surface area contributed by atoms with Crippen LogP contribution in [-0.4, -0.2) is 22.6 Å². The average molecular weight is 251 g/mol. The molecule has 2 unspecified atom stereocenters. The quantitative estimate of drug-likeness (QED) is 0.651. The number of hydrogen-bond donors (Lipinski definition) is 1. The summed E-state index contributed by atoms with van der Waals surface area (Å²) in [5.41, 5.74) is 5.72. The van der Waals surface area contributed by atoms with Crippen LogP contribution in [-0.2, 0) is 0 Å². The van der Waals surface area contributed by atoms with Gasteiger partial charge in [0.1, 0.15) is 6.10 Å². The Labute approximate surface area is 105 Å². The first-order valence-electron chi connectivity index (χ1n) is 6.18. The first kappa shape index (κ1) is 12.8. The lowest BCUT2D eigenvalue weighted by atomic mass is 9.86. The van der Waals surface area contributed by atoms with Gasteiger partial charge in [0.25, 0.3) is 5.69 Å². The molecular weight excluding hydrogens is 234 g/mol. The molecule has 1 heterocycles. The molecule has 18 heavy (non-hydrogen) atoms. The van der Waals surface area contributed by atoms with Gasteiger partial charge in [-0.3, -0.25) is 10.1 Å². The molecule has 1 aromatic rings. The summed E-state index contributed by atoms with van der Waals surface area (Å²) in [7, 11) is 0. The van der Waals surface area contributed by atoms with Crippen molar-refractivity contribution in [1.29, 1.82) is 0 Å². The van der Waals surface area contributed by atoms with Crippen molar-refractivity contribution in [2.24, 2.45) is 11.7 Å². The zero-order valence-corrected chi connectivity index (χ0v) is 10.1. The number of nitrogens with zero attached hydrogens (tertiary/aromatic N) is 2. The van der Waals surface area contributed by atoms with E-state index in [2.05, 4.69) is 4.98 Å². The lowest BCUT2D eigenvalue weighted by molar-refractivity contribution is -0.385. The number of nitrogens with two attached hydrogens (primary N) is 1. The number of rotatable bonds is 4. The van der Waals surface area contributed by atoms with Crippen LogP contribution in [0.2, 0.25) is 0 Å². The fourth-order valence-electron chi connectivity index (χ4n) is 2.33. The van der Waals surface area contributed by atoms with Gasteiger partial charge in [0.05, 0.1) is 11.0 Å². The first-order chi connectivity index (χ1) is 8.70. The minimum Gasteiger partial charge on any atom is -0.474 e. The van der Waals surface area contributed by atoms with E-state index in [4.69, 9.17) is 10.5 Å². The molecule has 1 aromatic heterocycles. The fraction of sp³-hybridized carbons (Fsp3) is 0.583. The molecule has 0 amide bonds. The smallest absolute Gasteiger partial charge is 0.276 e. The molecule has 2 N–H and O–H groups in total. The van der Waals surface area contributed by atoms with E-state index in [9.17, 15) is 10.1 Å². The molecule has 98 valence electrons. The van der Waals surface area contributed by atoms with Crippen molar-refractivity contribution in [3.63, 3.8) is 0 Å². The summed E-state index contributed by atoms with van der Waals surface area (Å²) in [4.78, 5) is 14.2. The van der Waals surface area contributed by atoms with E-state index in [1.165, 1.54) is 24.8 Å². The van der Waals surface area contributed by atoms with Crippen LogP contribution >= 0.6 is 0 Å². The van der Waals surface area contributed by atoms with Gasteiger partial charge in [-0.1, -0.05) is 6.42 Å². The summed E-state index contributed by atoms with van der Waals surface area (Å²) in [5.74, 6) is 0.634. The van der Waals surface area contributed by atoms with Crippen LogP contribution in [0.3, 0.4) is 0 Å². The first-order valence-corrected chi connectivity index (χ1v) is 6.18.